The molecule has 218 valence electrons. The van der Waals surface area contributed by atoms with E-state index in [4.69, 9.17) is 9.72 Å². The number of nitrogens with zero attached hydrogens (tertiary/aromatic N) is 6. The van der Waals surface area contributed by atoms with Crippen molar-refractivity contribution in [1.29, 1.82) is 0 Å². The summed E-state index contributed by atoms with van der Waals surface area (Å²) in [6.07, 6.45) is 3.68. The molecule has 42 heavy (non-hydrogen) atoms. The molecule has 9 heteroatoms. The van der Waals surface area contributed by atoms with E-state index >= 15 is 0 Å². The Labute approximate surface area is 248 Å². The minimum Gasteiger partial charge on any atom is -0.497 e. The zero-order valence-corrected chi connectivity index (χ0v) is 24.7. The van der Waals surface area contributed by atoms with Crippen LogP contribution in [0.4, 0.5) is 11.8 Å². The van der Waals surface area contributed by atoms with Gasteiger partial charge in [0.2, 0.25) is 5.95 Å². The molecule has 0 fully saturated rings. The summed E-state index contributed by atoms with van der Waals surface area (Å²) in [5, 5.41) is 3.55. The Morgan fingerprint density at radius 2 is 1.55 bits per heavy atom. The average molecular weight is 565 g/mol. The third-order valence-corrected chi connectivity index (χ3v) is 7.32. The number of aromatic nitrogens is 4. The van der Waals surface area contributed by atoms with Crippen molar-refractivity contribution in [3.63, 3.8) is 0 Å². The Morgan fingerprint density at radius 3 is 2.26 bits per heavy atom. The van der Waals surface area contributed by atoms with Crippen LogP contribution in [0.5, 0.6) is 5.75 Å². The maximum absolute atomic E-state index is 5.34. The van der Waals surface area contributed by atoms with Crippen molar-refractivity contribution in [3.8, 4) is 5.75 Å². The Hall–Kier alpha value is -4.47. The molecule has 3 aromatic heterocycles. The second kappa shape index (κ2) is 14.4. The predicted molar refractivity (Wildman–Crippen MR) is 170 cm³/mol. The van der Waals surface area contributed by atoms with E-state index in [0.29, 0.717) is 0 Å². The van der Waals surface area contributed by atoms with Crippen molar-refractivity contribution in [3.05, 3.63) is 108 Å². The van der Waals surface area contributed by atoms with Gasteiger partial charge in [-0.1, -0.05) is 36.4 Å². The fraction of sp³-hybridized carbons (Fsp3) is 0.303. The van der Waals surface area contributed by atoms with Crippen LogP contribution in [0.25, 0.3) is 11.0 Å². The van der Waals surface area contributed by atoms with Gasteiger partial charge in [0.05, 0.1) is 23.8 Å². The molecule has 0 unspecified atom stereocenters. The van der Waals surface area contributed by atoms with Gasteiger partial charge in [0.1, 0.15) is 11.6 Å². The average Bonchev–Trinajstić information content (AvgIpc) is 3.47. The molecule has 2 aromatic carbocycles. The molecule has 9 nitrogen and oxygen atoms in total. The molecular weight excluding hydrogens is 524 g/mol. The number of H-pyrrole nitrogens is 1. The van der Waals surface area contributed by atoms with Gasteiger partial charge in [-0.3, -0.25) is 9.88 Å². The minimum atomic E-state index is 0.757. The highest BCUT2D eigenvalue weighted by atomic mass is 16.5. The van der Waals surface area contributed by atoms with Gasteiger partial charge in [-0.15, -0.1) is 0 Å². The lowest BCUT2D eigenvalue weighted by Gasteiger charge is -2.26. The molecule has 0 aliphatic rings. The number of anilines is 2. The first kappa shape index (κ1) is 29.0. The summed E-state index contributed by atoms with van der Waals surface area (Å²) in [6.45, 7) is 6.04. The van der Waals surface area contributed by atoms with E-state index in [1.54, 1.807) is 7.11 Å². The van der Waals surface area contributed by atoms with E-state index in [1.807, 2.05) is 54.9 Å². The zero-order chi connectivity index (χ0) is 29.1. The second-order valence-electron chi connectivity index (χ2n) is 10.5. The van der Waals surface area contributed by atoms with E-state index in [9.17, 15) is 0 Å². The van der Waals surface area contributed by atoms with Gasteiger partial charge < -0.3 is 24.8 Å². The van der Waals surface area contributed by atoms with Gasteiger partial charge in [0, 0.05) is 78.4 Å². The van der Waals surface area contributed by atoms with E-state index in [-0.39, 0.29) is 0 Å². The van der Waals surface area contributed by atoms with Gasteiger partial charge in [-0.25, -0.2) is 9.97 Å². The van der Waals surface area contributed by atoms with Crippen molar-refractivity contribution in [2.24, 2.45) is 0 Å². The molecule has 5 aromatic rings. The van der Waals surface area contributed by atoms with Crippen LogP contribution < -0.4 is 19.9 Å². The van der Waals surface area contributed by atoms with Crippen LogP contribution in [-0.4, -0.2) is 72.2 Å². The van der Waals surface area contributed by atoms with Crippen LogP contribution in [0.1, 0.15) is 16.8 Å². The number of methoxy groups -OCH3 is 1. The number of likely N-dealkylation sites (N-methyl/N-ethyl adjacent to an activating group) is 1. The first-order valence-electron chi connectivity index (χ1n) is 14.4. The van der Waals surface area contributed by atoms with Gasteiger partial charge in [-0.2, -0.15) is 0 Å². The maximum Gasteiger partial charge on any atom is 0.203 e. The molecule has 3 heterocycles. The normalized spacial score (nSPS) is 11.2. The van der Waals surface area contributed by atoms with Crippen LogP contribution >= 0.6 is 0 Å². The quantitative estimate of drug-likeness (QED) is 0.177. The maximum atomic E-state index is 5.34. The number of pyridine rings is 2. The SMILES string of the molecule is COc1ccc2nc(N(C)Cc3ccc(CN(CCNCc4ccccn4)CCN(C)c4ccccn4)cc3)[nH]c2c1. The van der Waals surface area contributed by atoms with Crippen LogP contribution in [0, 0.1) is 0 Å². The van der Waals surface area contributed by atoms with E-state index in [2.05, 4.69) is 85.5 Å². The van der Waals surface area contributed by atoms with Crippen molar-refractivity contribution < 1.29 is 4.74 Å². The number of fused-ring (bicyclic) bond motifs is 1. The summed E-state index contributed by atoms with van der Waals surface area (Å²) in [7, 11) is 5.83. The highest BCUT2D eigenvalue weighted by Gasteiger charge is 2.12. The third kappa shape index (κ3) is 8.05. The molecule has 0 aliphatic heterocycles. The van der Waals surface area contributed by atoms with Gasteiger partial charge >= 0.3 is 0 Å². The van der Waals surface area contributed by atoms with Crippen molar-refractivity contribution in [2.75, 3.05) is 57.2 Å². The van der Waals surface area contributed by atoms with Crippen LogP contribution in [0.3, 0.4) is 0 Å². The fourth-order valence-electron chi connectivity index (χ4n) is 4.85. The largest absolute Gasteiger partial charge is 0.497 e. The summed E-state index contributed by atoms with van der Waals surface area (Å²) in [4.78, 5) is 23.9. The Balaban J connectivity index is 1.18. The Bertz CT molecular complexity index is 1510. The topological polar surface area (TPSA) is 85.4 Å². The third-order valence-electron chi connectivity index (χ3n) is 7.32. The number of hydrogen-bond donors (Lipinski definition) is 2. The van der Waals surface area contributed by atoms with E-state index in [1.165, 1.54) is 11.1 Å². The molecule has 0 amide bonds. The number of hydrogen-bond acceptors (Lipinski definition) is 8. The Morgan fingerprint density at radius 1 is 0.786 bits per heavy atom. The van der Waals surface area contributed by atoms with Gasteiger partial charge in [-0.05, 0) is 47.5 Å². The summed E-state index contributed by atoms with van der Waals surface area (Å²) < 4.78 is 5.34. The van der Waals surface area contributed by atoms with Crippen LogP contribution in [0.15, 0.2) is 91.3 Å². The molecule has 0 saturated carbocycles. The fourth-order valence-corrected chi connectivity index (χ4v) is 4.85. The van der Waals surface area contributed by atoms with E-state index in [0.717, 1.165) is 80.1 Å². The number of benzene rings is 2. The summed E-state index contributed by atoms with van der Waals surface area (Å²) in [5.74, 6) is 2.64. The lowest BCUT2D eigenvalue weighted by Crippen LogP contribution is -2.37. The van der Waals surface area contributed by atoms with Gasteiger partial charge in [0.15, 0.2) is 0 Å². The minimum absolute atomic E-state index is 0.757. The second-order valence-corrected chi connectivity index (χ2v) is 10.5. The number of ether oxygens (including phenoxy) is 1. The number of imidazole rings is 1. The number of nitrogens with one attached hydrogen (secondary N) is 2. The lowest BCUT2D eigenvalue weighted by atomic mass is 10.1. The highest BCUT2D eigenvalue weighted by molar-refractivity contribution is 5.79. The Kier molecular flexibility index (Phi) is 9.98. The first-order valence-corrected chi connectivity index (χ1v) is 14.4. The standard InChI is InChI=1S/C33H40N8O/c1-39(32-9-5-7-17-36-32)20-21-41(19-18-34-23-28-8-4-6-16-35-28)25-27-12-10-26(11-13-27)24-40(2)33-37-30-15-14-29(42-3)22-31(30)38-33/h4-17,22,34H,18-21,23-25H2,1-3H3,(H,37,38). The predicted octanol–water partition coefficient (Wildman–Crippen LogP) is 4.73. The molecular formula is C33H40N8O. The number of rotatable bonds is 15. The van der Waals surface area contributed by atoms with Crippen LogP contribution in [0.2, 0.25) is 0 Å². The number of aromatic amines is 1. The van der Waals surface area contributed by atoms with Crippen molar-refractivity contribution in [1.82, 2.24) is 30.2 Å². The smallest absolute Gasteiger partial charge is 0.203 e. The molecule has 0 spiro atoms. The zero-order valence-electron chi connectivity index (χ0n) is 24.7. The first-order chi connectivity index (χ1) is 20.6. The summed E-state index contributed by atoms with van der Waals surface area (Å²) in [6, 6.07) is 26.9. The molecule has 2 N–H and O–H groups in total. The van der Waals surface area contributed by atoms with Crippen LogP contribution in [-0.2, 0) is 19.6 Å². The van der Waals surface area contributed by atoms with Crippen molar-refractivity contribution in [2.45, 2.75) is 19.6 Å². The summed E-state index contributed by atoms with van der Waals surface area (Å²) >= 11 is 0. The van der Waals surface area contributed by atoms with Gasteiger partial charge in [0.25, 0.3) is 0 Å². The van der Waals surface area contributed by atoms with Crippen molar-refractivity contribution >= 4 is 22.8 Å². The molecule has 0 radical (unpaired) electrons. The summed E-state index contributed by atoms with van der Waals surface area (Å²) in [5.41, 5.74) is 5.48. The molecule has 0 aliphatic carbocycles. The molecule has 0 bridgehead atoms. The molecule has 0 atom stereocenters. The molecule has 5 rings (SSSR count). The highest BCUT2D eigenvalue weighted by Crippen LogP contribution is 2.22. The van der Waals surface area contributed by atoms with E-state index < -0.39 is 0 Å². The lowest BCUT2D eigenvalue weighted by molar-refractivity contribution is 0.270. The molecule has 0 saturated heterocycles. The monoisotopic (exact) mass is 564 g/mol.